The minimum Gasteiger partial charge on any atom is -0.394 e. The van der Waals surface area contributed by atoms with Crippen molar-refractivity contribution in [1.82, 2.24) is 10.3 Å². The number of hydrogen-bond donors (Lipinski definition) is 2. The molecule has 0 atom stereocenters. The number of benzene rings is 1. The maximum Gasteiger partial charge on any atom is 0.220 e. The molecule has 0 fully saturated rings. The van der Waals surface area contributed by atoms with E-state index >= 15 is 0 Å². The van der Waals surface area contributed by atoms with Gasteiger partial charge in [-0.05, 0) is 12.1 Å². The first-order valence-electron chi connectivity index (χ1n) is 6.59. The number of ether oxygens (including phenoxy) is 1. The summed E-state index contributed by atoms with van der Waals surface area (Å²) in [6, 6.07) is 7.97. The van der Waals surface area contributed by atoms with Crippen molar-refractivity contribution >= 4 is 27.5 Å². The smallest absolute Gasteiger partial charge is 0.220 e. The van der Waals surface area contributed by atoms with Crippen LogP contribution >= 0.6 is 11.3 Å². The summed E-state index contributed by atoms with van der Waals surface area (Å²) >= 11 is 1.63. The monoisotopic (exact) mass is 294 g/mol. The Kier molecular flexibility index (Phi) is 5.91. The molecule has 6 heteroatoms. The molecule has 20 heavy (non-hydrogen) atoms. The van der Waals surface area contributed by atoms with Crippen LogP contribution in [0.1, 0.15) is 11.4 Å². The van der Waals surface area contributed by atoms with Gasteiger partial charge in [-0.25, -0.2) is 4.98 Å². The van der Waals surface area contributed by atoms with Gasteiger partial charge >= 0.3 is 0 Å². The van der Waals surface area contributed by atoms with E-state index in [1.807, 2.05) is 24.3 Å². The summed E-state index contributed by atoms with van der Waals surface area (Å²) in [5.41, 5.74) is 0.991. The molecule has 5 nitrogen and oxygen atoms in total. The third-order valence-electron chi connectivity index (χ3n) is 2.71. The number of thiazole rings is 1. The average molecular weight is 294 g/mol. The summed E-state index contributed by atoms with van der Waals surface area (Å²) in [5, 5.41) is 12.3. The number of amides is 1. The zero-order valence-corrected chi connectivity index (χ0v) is 12.0. The third kappa shape index (κ3) is 4.56. The Morgan fingerprint density at radius 2 is 2.20 bits per heavy atom. The predicted octanol–water partition coefficient (Wildman–Crippen LogP) is 1.35. The molecular formula is C14H18N2O3S. The van der Waals surface area contributed by atoms with Crippen LogP contribution in [-0.4, -0.2) is 42.4 Å². The zero-order chi connectivity index (χ0) is 14.2. The summed E-state index contributed by atoms with van der Waals surface area (Å²) in [6.45, 7) is 1.21. The van der Waals surface area contributed by atoms with Gasteiger partial charge in [0.15, 0.2) is 0 Å². The van der Waals surface area contributed by atoms with E-state index in [2.05, 4.69) is 10.3 Å². The Morgan fingerprint density at radius 1 is 1.35 bits per heavy atom. The second-order valence-corrected chi connectivity index (χ2v) is 5.38. The van der Waals surface area contributed by atoms with Crippen molar-refractivity contribution in [3.05, 3.63) is 29.3 Å². The summed E-state index contributed by atoms with van der Waals surface area (Å²) in [6.07, 6.45) is 1.09. The molecule has 0 spiro atoms. The van der Waals surface area contributed by atoms with E-state index in [9.17, 15) is 4.79 Å². The van der Waals surface area contributed by atoms with Crippen LogP contribution < -0.4 is 5.32 Å². The van der Waals surface area contributed by atoms with Crippen LogP contribution in [0.4, 0.5) is 0 Å². The standard InChI is InChI=1S/C14H18N2O3S/c17-8-10-19-9-7-15-13(18)5-6-14-16-11-3-1-2-4-12(11)20-14/h1-4,17H,5-10H2,(H,15,18). The molecule has 1 aromatic carbocycles. The molecule has 108 valence electrons. The van der Waals surface area contributed by atoms with Crippen molar-refractivity contribution in [1.29, 1.82) is 0 Å². The highest BCUT2D eigenvalue weighted by atomic mass is 32.1. The summed E-state index contributed by atoms with van der Waals surface area (Å²) in [4.78, 5) is 16.1. The number of nitrogens with one attached hydrogen (secondary N) is 1. The van der Waals surface area contributed by atoms with E-state index < -0.39 is 0 Å². The third-order valence-corrected chi connectivity index (χ3v) is 3.80. The fourth-order valence-corrected chi connectivity index (χ4v) is 2.73. The first kappa shape index (κ1) is 14.9. The Balaban J connectivity index is 1.70. The largest absolute Gasteiger partial charge is 0.394 e. The molecule has 0 aliphatic rings. The van der Waals surface area contributed by atoms with Crippen molar-refractivity contribution in [2.24, 2.45) is 0 Å². The number of aromatic nitrogens is 1. The van der Waals surface area contributed by atoms with E-state index in [1.54, 1.807) is 11.3 Å². The zero-order valence-electron chi connectivity index (χ0n) is 11.2. The van der Waals surface area contributed by atoms with Crippen LogP contribution in [-0.2, 0) is 16.0 Å². The molecule has 0 bridgehead atoms. The molecule has 0 saturated heterocycles. The van der Waals surface area contributed by atoms with Gasteiger partial charge in [-0.1, -0.05) is 12.1 Å². The van der Waals surface area contributed by atoms with Crippen molar-refractivity contribution < 1.29 is 14.6 Å². The van der Waals surface area contributed by atoms with Crippen LogP contribution in [0.25, 0.3) is 10.2 Å². The summed E-state index contributed by atoms with van der Waals surface area (Å²) < 4.78 is 6.21. The highest BCUT2D eigenvalue weighted by Gasteiger charge is 2.06. The minimum absolute atomic E-state index is 0.00291. The molecule has 1 aromatic heterocycles. The van der Waals surface area contributed by atoms with Crippen LogP contribution in [0, 0.1) is 0 Å². The molecule has 0 saturated carbocycles. The van der Waals surface area contributed by atoms with E-state index in [4.69, 9.17) is 9.84 Å². The normalized spacial score (nSPS) is 10.8. The first-order chi connectivity index (χ1) is 9.79. The fourth-order valence-electron chi connectivity index (χ4n) is 1.76. The van der Waals surface area contributed by atoms with Crippen LogP contribution in [0.5, 0.6) is 0 Å². The lowest BCUT2D eigenvalue weighted by atomic mass is 10.3. The molecule has 0 radical (unpaired) electrons. The maximum atomic E-state index is 11.6. The predicted molar refractivity (Wildman–Crippen MR) is 78.9 cm³/mol. The van der Waals surface area contributed by atoms with Gasteiger partial charge in [-0.15, -0.1) is 11.3 Å². The molecular weight excluding hydrogens is 276 g/mol. The van der Waals surface area contributed by atoms with Gasteiger partial charge in [0, 0.05) is 19.4 Å². The SMILES string of the molecule is O=C(CCc1nc2ccccc2s1)NCCOCCO. The molecule has 1 amide bonds. The van der Waals surface area contributed by atoms with E-state index in [-0.39, 0.29) is 12.5 Å². The van der Waals surface area contributed by atoms with Crippen LogP contribution in [0.2, 0.25) is 0 Å². The van der Waals surface area contributed by atoms with Gasteiger partial charge in [0.2, 0.25) is 5.91 Å². The molecule has 2 aromatic rings. The second kappa shape index (κ2) is 7.94. The fraction of sp³-hybridized carbons (Fsp3) is 0.429. The van der Waals surface area contributed by atoms with E-state index in [0.717, 1.165) is 15.2 Å². The second-order valence-electron chi connectivity index (χ2n) is 4.26. The number of carbonyl (C=O) groups is 1. The number of carbonyl (C=O) groups excluding carboxylic acids is 1. The lowest BCUT2D eigenvalue weighted by molar-refractivity contribution is -0.121. The van der Waals surface area contributed by atoms with Crippen molar-refractivity contribution in [3.63, 3.8) is 0 Å². The molecule has 2 N–H and O–H groups in total. The van der Waals surface area contributed by atoms with Crippen molar-refractivity contribution in [2.45, 2.75) is 12.8 Å². The van der Waals surface area contributed by atoms with Gasteiger partial charge in [-0.3, -0.25) is 4.79 Å². The molecule has 0 unspecified atom stereocenters. The van der Waals surface area contributed by atoms with Gasteiger partial charge in [0.1, 0.15) is 0 Å². The number of nitrogens with zero attached hydrogens (tertiary/aromatic N) is 1. The molecule has 1 heterocycles. The summed E-state index contributed by atoms with van der Waals surface area (Å²) in [7, 11) is 0. The number of aliphatic hydroxyl groups excluding tert-OH is 1. The number of aryl methyl sites for hydroxylation is 1. The van der Waals surface area contributed by atoms with Crippen molar-refractivity contribution in [2.75, 3.05) is 26.4 Å². The Morgan fingerprint density at radius 3 is 3.00 bits per heavy atom. The van der Waals surface area contributed by atoms with Crippen molar-refractivity contribution in [3.8, 4) is 0 Å². The maximum absolute atomic E-state index is 11.6. The highest BCUT2D eigenvalue weighted by Crippen LogP contribution is 2.22. The van der Waals surface area contributed by atoms with E-state index in [0.29, 0.717) is 32.6 Å². The van der Waals surface area contributed by atoms with Gasteiger partial charge in [-0.2, -0.15) is 0 Å². The van der Waals surface area contributed by atoms with Crippen LogP contribution in [0.15, 0.2) is 24.3 Å². The summed E-state index contributed by atoms with van der Waals surface area (Å²) in [5.74, 6) is -0.00291. The molecule has 2 rings (SSSR count). The lowest BCUT2D eigenvalue weighted by Gasteiger charge is -2.04. The topological polar surface area (TPSA) is 71.5 Å². The lowest BCUT2D eigenvalue weighted by Crippen LogP contribution is -2.27. The Hall–Kier alpha value is -1.50. The number of hydrogen-bond acceptors (Lipinski definition) is 5. The number of para-hydroxylation sites is 1. The van der Waals surface area contributed by atoms with Crippen LogP contribution in [0.3, 0.4) is 0 Å². The average Bonchev–Trinajstić information content (AvgIpc) is 2.88. The minimum atomic E-state index is -0.00291. The number of fused-ring (bicyclic) bond motifs is 1. The van der Waals surface area contributed by atoms with Gasteiger partial charge in [0.05, 0.1) is 35.0 Å². The highest BCUT2D eigenvalue weighted by molar-refractivity contribution is 7.18. The van der Waals surface area contributed by atoms with Gasteiger partial charge in [0.25, 0.3) is 0 Å². The number of aliphatic hydroxyl groups is 1. The Labute approximate surface area is 121 Å². The molecule has 0 aliphatic carbocycles. The first-order valence-corrected chi connectivity index (χ1v) is 7.41. The number of rotatable bonds is 8. The van der Waals surface area contributed by atoms with Gasteiger partial charge < -0.3 is 15.2 Å². The van der Waals surface area contributed by atoms with E-state index in [1.165, 1.54) is 0 Å². The molecule has 0 aliphatic heterocycles. The Bertz CT molecular complexity index is 523. The quantitative estimate of drug-likeness (QED) is 0.721.